The minimum Gasteiger partial charge on any atom is -0.480 e. The summed E-state index contributed by atoms with van der Waals surface area (Å²) in [4.78, 5) is 33.6. The number of carboxylic acid groups (broad SMARTS) is 2. The predicted octanol–water partition coefficient (Wildman–Crippen LogP) is -0.744. The van der Waals surface area contributed by atoms with Gasteiger partial charge in [-0.05, 0) is 19.3 Å². The van der Waals surface area contributed by atoms with Gasteiger partial charge in [0.25, 0.3) is 0 Å². The van der Waals surface area contributed by atoms with Crippen molar-refractivity contribution < 1.29 is 24.6 Å². The molecule has 1 rings (SSSR count). The van der Waals surface area contributed by atoms with E-state index in [9.17, 15) is 14.4 Å². The van der Waals surface area contributed by atoms with Crippen LogP contribution in [0.3, 0.4) is 0 Å². The van der Waals surface area contributed by atoms with Crippen molar-refractivity contribution in [3.63, 3.8) is 0 Å². The molecule has 4 N–H and O–H groups in total. The Labute approximate surface area is 98.2 Å². The summed E-state index contributed by atoms with van der Waals surface area (Å²) in [5.41, 5.74) is 5.28. The molecule has 0 aliphatic heterocycles. The average molecular weight is 244 g/mol. The largest absolute Gasteiger partial charge is 0.480 e. The normalized spacial score (nSPS) is 17.0. The van der Waals surface area contributed by atoms with Crippen molar-refractivity contribution in [1.29, 1.82) is 0 Å². The van der Waals surface area contributed by atoms with E-state index in [0.29, 0.717) is 12.8 Å². The van der Waals surface area contributed by atoms with Crippen molar-refractivity contribution in [2.75, 3.05) is 13.1 Å². The lowest BCUT2D eigenvalue weighted by molar-refractivity contribution is -0.150. The molecule has 1 saturated carbocycles. The van der Waals surface area contributed by atoms with E-state index >= 15 is 0 Å². The maximum absolute atomic E-state index is 11.7. The van der Waals surface area contributed by atoms with E-state index in [1.807, 2.05) is 0 Å². The van der Waals surface area contributed by atoms with Crippen LogP contribution in [0.4, 0.5) is 0 Å². The maximum atomic E-state index is 11.7. The molecule has 0 unspecified atom stereocenters. The Balaban J connectivity index is 2.58. The summed E-state index contributed by atoms with van der Waals surface area (Å²) in [6.07, 6.45) is 2.38. The first-order chi connectivity index (χ1) is 7.82. The fourth-order valence-corrected chi connectivity index (χ4v) is 1.78. The molecule has 96 valence electrons. The molecule has 1 aliphatic carbocycles. The molecule has 0 bridgehead atoms. The fourth-order valence-electron chi connectivity index (χ4n) is 1.78. The van der Waals surface area contributed by atoms with Crippen LogP contribution in [0.1, 0.15) is 25.7 Å². The van der Waals surface area contributed by atoms with Crippen molar-refractivity contribution in [2.45, 2.75) is 31.2 Å². The smallest absolute Gasteiger partial charge is 0.323 e. The van der Waals surface area contributed by atoms with Gasteiger partial charge in [-0.1, -0.05) is 0 Å². The highest BCUT2D eigenvalue weighted by atomic mass is 16.4. The quantitative estimate of drug-likeness (QED) is 0.565. The van der Waals surface area contributed by atoms with Gasteiger partial charge in [0.15, 0.2) is 0 Å². The molecule has 0 aromatic heterocycles. The predicted molar refractivity (Wildman–Crippen MR) is 57.2 cm³/mol. The summed E-state index contributed by atoms with van der Waals surface area (Å²) in [6, 6.07) is 0. The summed E-state index contributed by atoms with van der Waals surface area (Å²) < 4.78 is 0. The zero-order valence-electron chi connectivity index (χ0n) is 9.39. The lowest BCUT2D eigenvalue weighted by Crippen LogP contribution is -2.51. The van der Waals surface area contributed by atoms with Crippen LogP contribution in [0.5, 0.6) is 0 Å². The van der Waals surface area contributed by atoms with Gasteiger partial charge in [0.2, 0.25) is 5.91 Å². The van der Waals surface area contributed by atoms with E-state index in [1.165, 1.54) is 0 Å². The van der Waals surface area contributed by atoms with Gasteiger partial charge < -0.3 is 20.8 Å². The van der Waals surface area contributed by atoms with Gasteiger partial charge in [0, 0.05) is 12.0 Å². The zero-order valence-corrected chi connectivity index (χ0v) is 9.39. The van der Waals surface area contributed by atoms with Gasteiger partial charge in [-0.15, -0.1) is 0 Å². The van der Waals surface area contributed by atoms with Crippen LogP contribution in [-0.2, 0) is 14.4 Å². The van der Waals surface area contributed by atoms with Gasteiger partial charge in [-0.2, -0.15) is 0 Å². The Morgan fingerprint density at radius 1 is 1.12 bits per heavy atom. The Morgan fingerprint density at radius 3 is 1.88 bits per heavy atom. The second-order valence-corrected chi connectivity index (χ2v) is 4.43. The monoisotopic (exact) mass is 244 g/mol. The summed E-state index contributed by atoms with van der Waals surface area (Å²) in [5, 5.41) is 17.2. The molecule has 0 aromatic rings. The van der Waals surface area contributed by atoms with Crippen LogP contribution < -0.4 is 5.73 Å². The fraction of sp³-hybridized carbons (Fsp3) is 0.700. The Hall–Kier alpha value is -1.63. The molecule has 0 saturated heterocycles. The second kappa shape index (κ2) is 5.13. The lowest BCUT2D eigenvalue weighted by Gasteiger charge is -2.38. The van der Waals surface area contributed by atoms with Gasteiger partial charge in [-0.25, -0.2) is 0 Å². The van der Waals surface area contributed by atoms with Crippen molar-refractivity contribution in [3.8, 4) is 0 Å². The SMILES string of the molecule is NC1(CC(=O)N(CC(=O)O)CC(=O)O)CCC1. The first-order valence-corrected chi connectivity index (χ1v) is 5.33. The van der Waals surface area contributed by atoms with Gasteiger partial charge in [0.05, 0.1) is 0 Å². The minimum atomic E-state index is -1.24. The number of carbonyl (C=O) groups excluding carboxylic acids is 1. The molecule has 1 aliphatic rings. The van der Waals surface area contributed by atoms with Crippen molar-refractivity contribution in [1.82, 2.24) is 4.90 Å². The number of nitrogens with zero attached hydrogens (tertiary/aromatic N) is 1. The standard InChI is InChI=1S/C10H16N2O5/c11-10(2-1-3-10)4-7(13)12(5-8(14)15)6-9(16)17/h1-6,11H2,(H,14,15)(H,16,17). The number of amides is 1. The van der Waals surface area contributed by atoms with Crippen molar-refractivity contribution in [2.24, 2.45) is 5.73 Å². The van der Waals surface area contributed by atoms with E-state index in [1.54, 1.807) is 0 Å². The highest BCUT2D eigenvalue weighted by molar-refractivity contribution is 5.85. The molecular formula is C10H16N2O5. The van der Waals surface area contributed by atoms with Crippen LogP contribution in [-0.4, -0.2) is 51.6 Å². The highest BCUT2D eigenvalue weighted by Gasteiger charge is 2.36. The summed E-state index contributed by atoms with van der Waals surface area (Å²) in [6.45, 7) is -1.22. The van der Waals surface area contributed by atoms with E-state index in [2.05, 4.69) is 0 Å². The van der Waals surface area contributed by atoms with E-state index in [-0.39, 0.29) is 6.42 Å². The number of hydrogen-bond acceptors (Lipinski definition) is 4. The van der Waals surface area contributed by atoms with Crippen LogP contribution in [0.2, 0.25) is 0 Å². The summed E-state index contributed by atoms with van der Waals surface area (Å²) >= 11 is 0. The van der Waals surface area contributed by atoms with Crippen molar-refractivity contribution >= 4 is 17.8 Å². The van der Waals surface area contributed by atoms with E-state index in [0.717, 1.165) is 11.3 Å². The van der Waals surface area contributed by atoms with Gasteiger partial charge in [0.1, 0.15) is 13.1 Å². The third-order valence-corrected chi connectivity index (χ3v) is 2.86. The lowest BCUT2D eigenvalue weighted by atomic mass is 9.75. The maximum Gasteiger partial charge on any atom is 0.323 e. The molecule has 0 spiro atoms. The molecule has 7 heteroatoms. The molecule has 0 radical (unpaired) electrons. The summed E-state index contributed by atoms with van der Waals surface area (Å²) in [5.74, 6) is -2.99. The van der Waals surface area contributed by atoms with Crippen LogP contribution >= 0.6 is 0 Å². The first-order valence-electron chi connectivity index (χ1n) is 5.33. The molecular weight excluding hydrogens is 228 g/mol. The topological polar surface area (TPSA) is 121 Å². The molecule has 17 heavy (non-hydrogen) atoms. The molecule has 0 heterocycles. The zero-order chi connectivity index (χ0) is 13.1. The molecule has 1 amide bonds. The minimum absolute atomic E-state index is 0.00750. The third kappa shape index (κ3) is 4.03. The highest BCUT2D eigenvalue weighted by Crippen LogP contribution is 2.32. The van der Waals surface area contributed by atoms with E-state index < -0.39 is 36.5 Å². The Morgan fingerprint density at radius 2 is 1.59 bits per heavy atom. The number of carboxylic acids is 2. The molecule has 0 atom stereocenters. The Kier molecular flexibility index (Phi) is 4.06. The Bertz CT molecular complexity index is 322. The average Bonchev–Trinajstić information content (AvgIpc) is 2.12. The molecule has 0 aromatic carbocycles. The number of carbonyl (C=O) groups is 3. The molecule has 1 fully saturated rings. The first kappa shape index (κ1) is 13.4. The van der Waals surface area contributed by atoms with E-state index in [4.69, 9.17) is 15.9 Å². The second-order valence-electron chi connectivity index (χ2n) is 4.43. The summed E-state index contributed by atoms with van der Waals surface area (Å²) in [7, 11) is 0. The molecule has 7 nitrogen and oxygen atoms in total. The number of nitrogens with two attached hydrogens (primary N) is 1. The third-order valence-electron chi connectivity index (χ3n) is 2.86. The van der Waals surface area contributed by atoms with Gasteiger partial charge in [-0.3, -0.25) is 14.4 Å². The van der Waals surface area contributed by atoms with Crippen LogP contribution in [0.25, 0.3) is 0 Å². The number of hydrogen-bond donors (Lipinski definition) is 3. The van der Waals surface area contributed by atoms with Crippen LogP contribution in [0.15, 0.2) is 0 Å². The van der Waals surface area contributed by atoms with Crippen molar-refractivity contribution in [3.05, 3.63) is 0 Å². The van der Waals surface area contributed by atoms with Gasteiger partial charge >= 0.3 is 11.9 Å². The van der Waals surface area contributed by atoms with Crippen LogP contribution in [0, 0.1) is 0 Å². The number of rotatable bonds is 6. The number of aliphatic carboxylic acids is 2.